The van der Waals surface area contributed by atoms with E-state index in [9.17, 15) is 8.42 Å². The molecule has 0 amide bonds. The number of sulfonamides is 1. The quantitative estimate of drug-likeness (QED) is 0.886. The molecule has 3 N–H and O–H groups in total. The minimum absolute atomic E-state index is 0.219. The number of nitrogens with one attached hydrogen (secondary N) is 1. The summed E-state index contributed by atoms with van der Waals surface area (Å²) in [5, 5.41) is 0. The lowest BCUT2D eigenvalue weighted by atomic mass is 10.2. The van der Waals surface area contributed by atoms with Gasteiger partial charge in [-0.15, -0.1) is 0 Å². The Hall–Kier alpha value is -2.05. The Morgan fingerprint density at radius 2 is 1.57 bits per heavy atom. The lowest BCUT2D eigenvalue weighted by Crippen LogP contribution is -2.13. The fourth-order valence-electron chi connectivity index (χ4n) is 1.85. The molecule has 0 aromatic heterocycles. The van der Waals surface area contributed by atoms with Crippen molar-refractivity contribution in [1.29, 1.82) is 0 Å². The molecular weight excluding hydrogens is 286 g/mol. The third-order valence-electron chi connectivity index (χ3n) is 3.11. The van der Waals surface area contributed by atoms with Gasteiger partial charge in [0.25, 0.3) is 10.0 Å². The van der Waals surface area contributed by atoms with Crippen molar-refractivity contribution < 1.29 is 8.42 Å². The highest BCUT2D eigenvalue weighted by molar-refractivity contribution is 7.92. The summed E-state index contributed by atoms with van der Waals surface area (Å²) in [6, 6.07) is 13.7. The van der Waals surface area contributed by atoms with Crippen LogP contribution in [0.5, 0.6) is 0 Å². The van der Waals surface area contributed by atoms with Gasteiger partial charge in [0.2, 0.25) is 0 Å². The predicted molar refractivity (Wildman–Crippen MR) is 85.9 cm³/mol. The predicted octanol–water partition coefficient (Wildman–Crippen LogP) is 2.01. The molecule has 0 bridgehead atoms. The van der Waals surface area contributed by atoms with Gasteiger partial charge in [-0.2, -0.15) is 0 Å². The van der Waals surface area contributed by atoms with Gasteiger partial charge in [0.05, 0.1) is 4.90 Å². The van der Waals surface area contributed by atoms with Gasteiger partial charge in [0.15, 0.2) is 0 Å². The molecule has 0 spiro atoms. The van der Waals surface area contributed by atoms with Crippen LogP contribution >= 0.6 is 0 Å². The maximum atomic E-state index is 12.3. The molecule has 0 saturated heterocycles. The number of nitrogens with zero attached hydrogens (tertiary/aromatic N) is 1. The number of hydrogen-bond acceptors (Lipinski definition) is 4. The molecule has 2 aromatic carbocycles. The van der Waals surface area contributed by atoms with Gasteiger partial charge in [-0.25, -0.2) is 8.42 Å². The molecule has 5 nitrogen and oxygen atoms in total. The van der Waals surface area contributed by atoms with Crippen LogP contribution in [0.3, 0.4) is 0 Å². The molecule has 0 aliphatic rings. The van der Waals surface area contributed by atoms with Gasteiger partial charge in [-0.1, -0.05) is 12.1 Å². The van der Waals surface area contributed by atoms with Gasteiger partial charge in [0.1, 0.15) is 0 Å². The molecule has 6 heteroatoms. The van der Waals surface area contributed by atoms with Gasteiger partial charge >= 0.3 is 0 Å². The molecule has 0 fully saturated rings. The van der Waals surface area contributed by atoms with E-state index in [0.717, 1.165) is 11.3 Å². The first-order chi connectivity index (χ1) is 9.92. The third-order valence-corrected chi connectivity index (χ3v) is 4.50. The summed E-state index contributed by atoms with van der Waals surface area (Å²) >= 11 is 0. The zero-order chi connectivity index (χ0) is 15.5. The Morgan fingerprint density at radius 1 is 1.00 bits per heavy atom. The van der Waals surface area contributed by atoms with Crippen molar-refractivity contribution in [3.63, 3.8) is 0 Å². The van der Waals surface area contributed by atoms with Crippen molar-refractivity contribution in [2.24, 2.45) is 5.73 Å². The zero-order valence-corrected chi connectivity index (χ0v) is 12.9. The molecule has 0 aliphatic carbocycles. The molecule has 2 rings (SSSR count). The standard InChI is InChI=1S/C15H19N3O2S/c1-18(2)14-7-5-13(6-8-14)17-21(19,20)15-9-3-12(11-16)4-10-15/h3-10,17H,11,16H2,1-2H3. The van der Waals surface area contributed by atoms with Crippen molar-refractivity contribution >= 4 is 21.4 Å². The molecule has 0 heterocycles. The molecule has 2 aromatic rings. The fraction of sp³-hybridized carbons (Fsp3) is 0.200. The van der Waals surface area contributed by atoms with Gasteiger partial charge in [-0.05, 0) is 42.0 Å². The summed E-state index contributed by atoms with van der Waals surface area (Å²) in [6.45, 7) is 0.389. The van der Waals surface area contributed by atoms with Gasteiger partial charge < -0.3 is 10.6 Å². The van der Waals surface area contributed by atoms with Crippen LogP contribution in [0.15, 0.2) is 53.4 Å². The molecule has 0 saturated carbocycles. The van der Waals surface area contributed by atoms with Gasteiger partial charge in [0, 0.05) is 32.0 Å². The van der Waals surface area contributed by atoms with Crippen LogP contribution in [-0.4, -0.2) is 22.5 Å². The number of benzene rings is 2. The van der Waals surface area contributed by atoms with Crippen LogP contribution in [-0.2, 0) is 16.6 Å². The Balaban J connectivity index is 2.19. The van der Waals surface area contributed by atoms with E-state index in [1.54, 1.807) is 36.4 Å². The Kier molecular flexibility index (Phi) is 4.50. The van der Waals surface area contributed by atoms with E-state index < -0.39 is 10.0 Å². The summed E-state index contributed by atoms with van der Waals surface area (Å²) in [4.78, 5) is 2.17. The van der Waals surface area contributed by atoms with E-state index in [-0.39, 0.29) is 4.90 Å². The Morgan fingerprint density at radius 3 is 2.05 bits per heavy atom. The lowest BCUT2D eigenvalue weighted by molar-refractivity contribution is 0.601. The van der Waals surface area contributed by atoms with E-state index in [1.165, 1.54) is 0 Å². The molecule has 0 aliphatic heterocycles. The highest BCUT2D eigenvalue weighted by Gasteiger charge is 2.13. The fourth-order valence-corrected chi connectivity index (χ4v) is 2.91. The second-order valence-corrected chi connectivity index (χ2v) is 6.58. The Labute approximate surface area is 125 Å². The second kappa shape index (κ2) is 6.15. The number of anilines is 2. The van der Waals surface area contributed by atoms with Crippen molar-refractivity contribution in [1.82, 2.24) is 0 Å². The van der Waals surface area contributed by atoms with Crippen molar-refractivity contribution in [2.45, 2.75) is 11.4 Å². The molecule has 0 radical (unpaired) electrons. The average molecular weight is 305 g/mol. The maximum absolute atomic E-state index is 12.3. The van der Waals surface area contributed by atoms with E-state index in [1.807, 2.05) is 31.1 Å². The molecule has 112 valence electrons. The third kappa shape index (κ3) is 3.74. The largest absolute Gasteiger partial charge is 0.378 e. The first kappa shape index (κ1) is 15.3. The highest BCUT2D eigenvalue weighted by atomic mass is 32.2. The van der Waals surface area contributed by atoms with Crippen molar-refractivity contribution in [3.8, 4) is 0 Å². The Bertz CT molecular complexity index is 693. The van der Waals surface area contributed by atoms with Crippen LogP contribution in [0.1, 0.15) is 5.56 Å². The normalized spacial score (nSPS) is 11.2. The summed E-state index contributed by atoms with van der Waals surface area (Å²) in [5.41, 5.74) is 7.93. The molecule has 0 atom stereocenters. The van der Waals surface area contributed by atoms with Crippen LogP contribution in [0.2, 0.25) is 0 Å². The molecule has 0 unspecified atom stereocenters. The minimum Gasteiger partial charge on any atom is -0.378 e. The van der Waals surface area contributed by atoms with Crippen LogP contribution in [0.4, 0.5) is 11.4 Å². The first-order valence-electron chi connectivity index (χ1n) is 6.51. The minimum atomic E-state index is -3.58. The number of rotatable bonds is 5. The van der Waals surface area contributed by atoms with Crippen molar-refractivity contribution in [2.75, 3.05) is 23.7 Å². The van der Waals surface area contributed by atoms with E-state index in [2.05, 4.69) is 4.72 Å². The average Bonchev–Trinajstić information content (AvgIpc) is 2.47. The van der Waals surface area contributed by atoms with Crippen LogP contribution in [0.25, 0.3) is 0 Å². The van der Waals surface area contributed by atoms with Crippen LogP contribution < -0.4 is 15.4 Å². The summed E-state index contributed by atoms with van der Waals surface area (Å²) in [7, 11) is 0.282. The SMILES string of the molecule is CN(C)c1ccc(NS(=O)(=O)c2ccc(CN)cc2)cc1. The van der Waals surface area contributed by atoms with Crippen molar-refractivity contribution in [3.05, 3.63) is 54.1 Å². The van der Waals surface area contributed by atoms with Gasteiger partial charge in [-0.3, -0.25) is 4.72 Å². The number of hydrogen-bond donors (Lipinski definition) is 2. The van der Waals surface area contributed by atoms with E-state index in [4.69, 9.17) is 5.73 Å². The molecule has 21 heavy (non-hydrogen) atoms. The number of nitrogens with two attached hydrogens (primary N) is 1. The second-order valence-electron chi connectivity index (χ2n) is 4.89. The maximum Gasteiger partial charge on any atom is 0.261 e. The zero-order valence-electron chi connectivity index (χ0n) is 12.1. The monoisotopic (exact) mass is 305 g/mol. The topological polar surface area (TPSA) is 75.4 Å². The molecular formula is C15H19N3O2S. The summed E-state index contributed by atoms with van der Waals surface area (Å²) < 4.78 is 27.1. The smallest absolute Gasteiger partial charge is 0.261 e. The summed E-state index contributed by atoms with van der Waals surface area (Å²) in [5.74, 6) is 0. The first-order valence-corrected chi connectivity index (χ1v) is 8.00. The lowest BCUT2D eigenvalue weighted by Gasteiger charge is -2.13. The van der Waals surface area contributed by atoms with Crippen LogP contribution in [0, 0.1) is 0 Å². The summed E-state index contributed by atoms with van der Waals surface area (Å²) in [6.07, 6.45) is 0. The van der Waals surface area contributed by atoms with E-state index in [0.29, 0.717) is 12.2 Å². The van der Waals surface area contributed by atoms with E-state index >= 15 is 0 Å². The highest BCUT2D eigenvalue weighted by Crippen LogP contribution is 2.19.